The maximum atomic E-state index is 13.2. The normalized spacial score (nSPS) is 10.0. The summed E-state index contributed by atoms with van der Waals surface area (Å²) in [5.74, 6) is 0.486. The van der Waals surface area contributed by atoms with Crippen LogP contribution in [0.4, 0.5) is 4.39 Å². The van der Waals surface area contributed by atoms with E-state index in [1.54, 1.807) is 18.2 Å². The second-order valence-corrected chi connectivity index (χ2v) is 4.65. The molecule has 0 aliphatic heterocycles. The first-order valence-corrected chi connectivity index (χ1v) is 6.79. The standard InChI is InChI=1S/C15H11BrFNO/c1-10-2-4-13(17)7-15(10)19-14-5-3-11(8-16)6-12(14)9-18/h2-7H,8H2,1H3. The fourth-order valence-electron chi connectivity index (χ4n) is 1.64. The first-order chi connectivity index (χ1) is 9.13. The molecule has 0 saturated heterocycles. The Labute approximate surface area is 119 Å². The van der Waals surface area contributed by atoms with E-state index >= 15 is 0 Å². The van der Waals surface area contributed by atoms with Gasteiger partial charge >= 0.3 is 0 Å². The predicted octanol–water partition coefficient (Wildman–Crippen LogP) is 4.69. The molecule has 0 aliphatic carbocycles. The summed E-state index contributed by atoms with van der Waals surface area (Å²) in [5, 5.41) is 9.79. The topological polar surface area (TPSA) is 33.0 Å². The highest BCUT2D eigenvalue weighted by Gasteiger charge is 2.08. The Morgan fingerprint density at radius 3 is 2.68 bits per heavy atom. The predicted molar refractivity (Wildman–Crippen MR) is 75.0 cm³/mol. The van der Waals surface area contributed by atoms with E-state index in [-0.39, 0.29) is 5.82 Å². The second-order valence-electron chi connectivity index (χ2n) is 4.09. The molecule has 0 aliphatic rings. The molecule has 0 bridgehead atoms. The molecule has 2 nitrogen and oxygen atoms in total. The monoisotopic (exact) mass is 319 g/mol. The lowest BCUT2D eigenvalue weighted by atomic mass is 10.1. The summed E-state index contributed by atoms with van der Waals surface area (Å²) in [5.41, 5.74) is 2.23. The molecule has 96 valence electrons. The number of aryl methyl sites for hydroxylation is 1. The van der Waals surface area contributed by atoms with Crippen molar-refractivity contribution in [1.29, 1.82) is 5.26 Å². The van der Waals surface area contributed by atoms with Gasteiger partial charge in [-0.1, -0.05) is 28.1 Å². The quantitative estimate of drug-likeness (QED) is 0.769. The van der Waals surface area contributed by atoms with Crippen LogP contribution in [0.25, 0.3) is 0 Å². The van der Waals surface area contributed by atoms with E-state index < -0.39 is 0 Å². The molecule has 0 fully saturated rings. The third-order valence-electron chi connectivity index (χ3n) is 2.69. The highest BCUT2D eigenvalue weighted by molar-refractivity contribution is 9.08. The van der Waals surface area contributed by atoms with E-state index in [0.717, 1.165) is 11.1 Å². The van der Waals surface area contributed by atoms with E-state index in [1.165, 1.54) is 12.1 Å². The summed E-state index contributed by atoms with van der Waals surface area (Å²) in [6, 6.07) is 11.7. The molecule has 0 unspecified atom stereocenters. The minimum atomic E-state index is -0.365. The molecule has 2 aromatic rings. The highest BCUT2D eigenvalue weighted by Crippen LogP contribution is 2.29. The van der Waals surface area contributed by atoms with E-state index in [4.69, 9.17) is 10.00 Å². The first-order valence-electron chi connectivity index (χ1n) is 5.67. The summed E-state index contributed by atoms with van der Waals surface area (Å²) in [7, 11) is 0. The Hall–Kier alpha value is -1.86. The molecule has 0 aromatic heterocycles. The van der Waals surface area contributed by atoms with Gasteiger partial charge in [0.25, 0.3) is 0 Å². The average molecular weight is 320 g/mol. The molecule has 0 saturated carbocycles. The summed E-state index contributed by atoms with van der Waals surface area (Å²) in [4.78, 5) is 0. The van der Waals surface area contributed by atoms with Crippen LogP contribution in [-0.2, 0) is 5.33 Å². The molecular formula is C15H11BrFNO. The van der Waals surface area contributed by atoms with E-state index in [2.05, 4.69) is 22.0 Å². The number of rotatable bonds is 3. The summed E-state index contributed by atoms with van der Waals surface area (Å²) in [6.45, 7) is 1.83. The number of benzene rings is 2. The van der Waals surface area contributed by atoms with Crippen molar-refractivity contribution in [2.45, 2.75) is 12.3 Å². The van der Waals surface area contributed by atoms with E-state index in [0.29, 0.717) is 22.4 Å². The number of ether oxygens (including phenoxy) is 1. The van der Waals surface area contributed by atoms with Crippen molar-refractivity contribution in [3.63, 3.8) is 0 Å². The fraction of sp³-hybridized carbons (Fsp3) is 0.133. The molecular weight excluding hydrogens is 309 g/mol. The van der Waals surface area contributed by atoms with Crippen molar-refractivity contribution in [3.05, 3.63) is 58.9 Å². The molecule has 0 radical (unpaired) electrons. The largest absolute Gasteiger partial charge is 0.456 e. The van der Waals surface area contributed by atoms with Gasteiger partial charge in [0, 0.05) is 11.4 Å². The number of nitriles is 1. The van der Waals surface area contributed by atoms with Crippen LogP contribution < -0.4 is 4.74 Å². The molecule has 0 heterocycles. The second kappa shape index (κ2) is 5.85. The molecule has 2 aromatic carbocycles. The van der Waals surface area contributed by atoms with Gasteiger partial charge in [-0.3, -0.25) is 0 Å². The van der Waals surface area contributed by atoms with Gasteiger partial charge in [0.2, 0.25) is 0 Å². The lowest BCUT2D eigenvalue weighted by Crippen LogP contribution is -1.92. The SMILES string of the molecule is Cc1ccc(F)cc1Oc1ccc(CBr)cc1C#N. The van der Waals surface area contributed by atoms with Crippen LogP contribution in [0, 0.1) is 24.1 Å². The zero-order valence-electron chi connectivity index (χ0n) is 10.3. The van der Waals surface area contributed by atoms with Crippen molar-refractivity contribution < 1.29 is 9.13 Å². The van der Waals surface area contributed by atoms with Gasteiger partial charge in [0.15, 0.2) is 0 Å². The lowest BCUT2D eigenvalue weighted by molar-refractivity contribution is 0.471. The van der Waals surface area contributed by atoms with Crippen molar-refractivity contribution in [2.24, 2.45) is 0 Å². The number of hydrogen-bond donors (Lipinski definition) is 0. The van der Waals surface area contributed by atoms with Gasteiger partial charge in [0.05, 0.1) is 5.56 Å². The Morgan fingerprint density at radius 1 is 1.21 bits per heavy atom. The zero-order chi connectivity index (χ0) is 13.8. The van der Waals surface area contributed by atoms with Gasteiger partial charge in [-0.05, 0) is 36.2 Å². The Bertz CT molecular complexity index is 649. The van der Waals surface area contributed by atoms with Crippen molar-refractivity contribution >= 4 is 15.9 Å². The van der Waals surface area contributed by atoms with Crippen LogP contribution in [-0.4, -0.2) is 0 Å². The summed E-state index contributed by atoms with van der Waals surface area (Å²) in [6.07, 6.45) is 0. The number of alkyl halides is 1. The van der Waals surface area contributed by atoms with Gasteiger partial charge in [-0.15, -0.1) is 0 Å². The first kappa shape index (κ1) is 13.6. The van der Waals surface area contributed by atoms with Gasteiger partial charge in [-0.25, -0.2) is 4.39 Å². The molecule has 0 amide bonds. The van der Waals surface area contributed by atoms with Gasteiger partial charge in [0.1, 0.15) is 23.4 Å². The van der Waals surface area contributed by atoms with E-state index in [9.17, 15) is 4.39 Å². The molecule has 0 atom stereocenters. The zero-order valence-corrected chi connectivity index (χ0v) is 11.9. The minimum absolute atomic E-state index is 0.365. The summed E-state index contributed by atoms with van der Waals surface area (Å²) < 4.78 is 18.8. The Morgan fingerprint density at radius 2 is 2.00 bits per heavy atom. The maximum absolute atomic E-state index is 13.2. The lowest BCUT2D eigenvalue weighted by Gasteiger charge is -2.10. The van der Waals surface area contributed by atoms with Crippen LogP contribution in [0.2, 0.25) is 0 Å². The number of halogens is 2. The third-order valence-corrected chi connectivity index (χ3v) is 3.34. The molecule has 4 heteroatoms. The fourth-order valence-corrected chi connectivity index (χ4v) is 1.99. The van der Waals surface area contributed by atoms with Crippen LogP contribution in [0.15, 0.2) is 36.4 Å². The van der Waals surface area contributed by atoms with Crippen molar-refractivity contribution in [3.8, 4) is 17.6 Å². The smallest absolute Gasteiger partial charge is 0.145 e. The Balaban J connectivity index is 2.38. The van der Waals surface area contributed by atoms with Crippen molar-refractivity contribution in [2.75, 3.05) is 0 Å². The molecule has 0 N–H and O–H groups in total. The molecule has 0 spiro atoms. The minimum Gasteiger partial charge on any atom is -0.456 e. The molecule has 2 rings (SSSR count). The number of nitrogens with zero attached hydrogens (tertiary/aromatic N) is 1. The third kappa shape index (κ3) is 3.12. The average Bonchev–Trinajstić information content (AvgIpc) is 2.43. The van der Waals surface area contributed by atoms with Crippen LogP contribution in [0.3, 0.4) is 0 Å². The van der Waals surface area contributed by atoms with Gasteiger partial charge in [-0.2, -0.15) is 5.26 Å². The molecule has 19 heavy (non-hydrogen) atoms. The Kier molecular flexibility index (Phi) is 4.18. The van der Waals surface area contributed by atoms with Crippen LogP contribution in [0.5, 0.6) is 11.5 Å². The number of hydrogen-bond acceptors (Lipinski definition) is 2. The van der Waals surface area contributed by atoms with Crippen LogP contribution >= 0.6 is 15.9 Å². The summed E-state index contributed by atoms with van der Waals surface area (Å²) >= 11 is 3.33. The van der Waals surface area contributed by atoms with Crippen LogP contribution in [0.1, 0.15) is 16.7 Å². The van der Waals surface area contributed by atoms with Crippen molar-refractivity contribution in [1.82, 2.24) is 0 Å². The van der Waals surface area contributed by atoms with Gasteiger partial charge < -0.3 is 4.74 Å². The maximum Gasteiger partial charge on any atom is 0.145 e. The highest BCUT2D eigenvalue weighted by atomic mass is 79.9. The van der Waals surface area contributed by atoms with E-state index in [1.807, 2.05) is 13.0 Å².